The van der Waals surface area contributed by atoms with E-state index in [-0.39, 0.29) is 5.89 Å². The maximum atomic E-state index is 10.6. The lowest BCUT2D eigenvalue weighted by Gasteiger charge is -2.19. The Kier molecular flexibility index (Phi) is 3.84. The second-order valence-electron chi connectivity index (χ2n) is 2.95. The third-order valence-electron chi connectivity index (χ3n) is 2.07. The van der Waals surface area contributed by atoms with E-state index in [2.05, 4.69) is 14.6 Å². The Hall–Kier alpha value is -1.14. The molecule has 0 aromatic carbocycles. The van der Waals surface area contributed by atoms with Crippen molar-refractivity contribution in [3.8, 4) is 0 Å². The first kappa shape index (κ1) is 10.9. The smallest absolute Gasteiger partial charge is 0.390 e. The summed E-state index contributed by atoms with van der Waals surface area (Å²) >= 11 is 0. The summed E-state index contributed by atoms with van der Waals surface area (Å²) in [4.78, 5) is 12.6. The number of hydrogen-bond donors (Lipinski definition) is 2. The number of aromatic nitrogens is 2. The fourth-order valence-electron chi connectivity index (χ4n) is 1.19. The number of nitrogens with zero attached hydrogens (tertiary/aromatic N) is 2. The Morgan fingerprint density at radius 1 is 1.57 bits per heavy atom. The Morgan fingerprint density at radius 3 is 2.64 bits per heavy atom. The summed E-state index contributed by atoms with van der Waals surface area (Å²) in [5.41, 5.74) is 0. The molecule has 0 fully saturated rings. The zero-order valence-corrected chi connectivity index (χ0v) is 8.36. The van der Waals surface area contributed by atoms with Crippen molar-refractivity contribution in [1.82, 2.24) is 15.1 Å². The molecular formula is C8H15N3O3. The molecule has 0 bridgehead atoms. The highest BCUT2D eigenvalue weighted by atomic mass is 16.4. The molecule has 80 valence electrons. The molecule has 1 aromatic heterocycles. The molecule has 1 heterocycles. The van der Waals surface area contributed by atoms with Crippen LogP contribution in [0.4, 0.5) is 0 Å². The van der Waals surface area contributed by atoms with E-state index in [1.54, 1.807) is 0 Å². The second-order valence-corrected chi connectivity index (χ2v) is 2.95. The number of nitrogens with one attached hydrogen (secondary N) is 1. The number of rotatable bonds is 5. The highest BCUT2D eigenvalue weighted by molar-refractivity contribution is 4.82. The Bertz CT molecular complexity index is 316. The zero-order valence-electron chi connectivity index (χ0n) is 8.36. The van der Waals surface area contributed by atoms with Crippen molar-refractivity contribution < 1.29 is 9.52 Å². The van der Waals surface area contributed by atoms with Crippen LogP contribution in [0, 0.1) is 0 Å². The van der Waals surface area contributed by atoms with Crippen molar-refractivity contribution >= 4 is 0 Å². The van der Waals surface area contributed by atoms with Crippen LogP contribution in [0.5, 0.6) is 0 Å². The zero-order chi connectivity index (χ0) is 10.6. The Labute approximate surface area is 81.5 Å². The van der Waals surface area contributed by atoms with E-state index in [1.807, 2.05) is 18.7 Å². The molecule has 0 aliphatic carbocycles. The van der Waals surface area contributed by atoms with E-state index in [0.717, 1.165) is 13.1 Å². The molecule has 0 saturated heterocycles. The first-order valence-electron chi connectivity index (χ1n) is 4.63. The third-order valence-corrected chi connectivity index (χ3v) is 2.07. The van der Waals surface area contributed by atoms with Crippen molar-refractivity contribution in [1.29, 1.82) is 0 Å². The van der Waals surface area contributed by atoms with Crippen LogP contribution >= 0.6 is 0 Å². The molecule has 14 heavy (non-hydrogen) atoms. The Balaban J connectivity index is 2.57. The molecule has 1 unspecified atom stereocenters. The van der Waals surface area contributed by atoms with Crippen LogP contribution in [-0.4, -0.2) is 39.8 Å². The summed E-state index contributed by atoms with van der Waals surface area (Å²) in [5, 5.41) is 15.3. The van der Waals surface area contributed by atoms with E-state index in [0.29, 0.717) is 6.54 Å². The summed E-state index contributed by atoms with van der Waals surface area (Å²) in [6, 6.07) is 0. The molecule has 0 spiro atoms. The average molecular weight is 201 g/mol. The normalized spacial score (nSPS) is 13.4. The van der Waals surface area contributed by atoms with Crippen molar-refractivity contribution in [3.05, 3.63) is 16.4 Å². The van der Waals surface area contributed by atoms with Gasteiger partial charge in [-0.1, -0.05) is 13.8 Å². The summed E-state index contributed by atoms with van der Waals surface area (Å²) in [7, 11) is 0. The number of aliphatic hydroxyl groups excluding tert-OH is 1. The first-order valence-corrected chi connectivity index (χ1v) is 4.63. The van der Waals surface area contributed by atoms with Gasteiger partial charge in [0, 0.05) is 6.54 Å². The predicted molar refractivity (Wildman–Crippen MR) is 49.9 cm³/mol. The lowest BCUT2D eigenvalue weighted by molar-refractivity contribution is 0.0934. The third kappa shape index (κ3) is 2.68. The SMILES string of the molecule is CCN(CC)CC(O)c1n[nH]c(=O)o1. The van der Waals surface area contributed by atoms with Gasteiger partial charge in [-0.3, -0.25) is 0 Å². The molecule has 2 N–H and O–H groups in total. The van der Waals surface area contributed by atoms with Gasteiger partial charge in [-0.2, -0.15) is 0 Å². The van der Waals surface area contributed by atoms with Crippen LogP contribution in [-0.2, 0) is 0 Å². The molecule has 1 rings (SSSR count). The second kappa shape index (κ2) is 4.92. The predicted octanol–water partition coefficient (Wildman–Crippen LogP) is -0.262. The van der Waals surface area contributed by atoms with Gasteiger partial charge in [0.15, 0.2) is 0 Å². The molecule has 0 aliphatic heterocycles. The van der Waals surface area contributed by atoms with Crippen LogP contribution in [0.15, 0.2) is 9.21 Å². The van der Waals surface area contributed by atoms with Crippen LogP contribution < -0.4 is 5.76 Å². The van der Waals surface area contributed by atoms with Gasteiger partial charge < -0.3 is 14.4 Å². The molecule has 6 nitrogen and oxygen atoms in total. The topological polar surface area (TPSA) is 82.4 Å². The van der Waals surface area contributed by atoms with Crippen LogP contribution in [0.1, 0.15) is 25.8 Å². The van der Waals surface area contributed by atoms with Gasteiger partial charge in [0.05, 0.1) is 0 Å². The van der Waals surface area contributed by atoms with Crippen molar-refractivity contribution in [2.24, 2.45) is 0 Å². The number of likely N-dealkylation sites (N-methyl/N-ethyl adjacent to an activating group) is 1. The van der Waals surface area contributed by atoms with Crippen molar-refractivity contribution in [3.63, 3.8) is 0 Å². The number of H-pyrrole nitrogens is 1. The van der Waals surface area contributed by atoms with Crippen molar-refractivity contribution in [2.75, 3.05) is 19.6 Å². The minimum Gasteiger partial charge on any atom is -0.390 e. The monoisotopic (exact) mass is 201 g/mol. The number of aliphatic hydroxyl groups is 1. The molecular weight excluding hydrogens is 186 g/mol. The van der Waals surface area contributed by atoms with Crippen LogP contribution in [0.2, 0.25) is 0 Å². The maximum absolute atomic E-state index is 10.6. The molecule has 1 atom stereocenters. The van der Waals surface area contributed by atoms with E-state index >= 15 is 0 Å². The van der Waals surface area contributed by atoms with Crippen molar-refractivity contribution in [2.45, 2.75) is 20.0 Å². The Morgan fingerprint density at radius 2 is 2.21 bits per heavy atom. The van der Waals surface area contributed by atoms with E-state index < -0.39 is 11.9 Å². The number of aromatic amines is 1. The minimum absolute atomic E-state index is 0.0434. The highest BCUT2D eigenvalue weighted by Crippen LogP contribution is 2.08. The maximum Gasteiger partial charge on any atom is 0.434 e. The fourth-order valence-corrected chi connectivity index (χ4v) is 1.19. The van der Waals surface area contributed by atoms with E-state index in [9.17, 15) is 9.90 Å². The fraction of sp³-hybridized carbons (Fsp3) is 0.750. The van der Waals surface area contributed by atoms with Gasteiger partial charge in [0.2, 0.25) is 5.89 Å². The summed E-state index contributed by atoms with van der Waals surface area (Å²) in [6.07, 6.45) is -0.853. The standard InChI is InChI=1S/C8H15N3O3/c1-3-11(4-2)5-6(12)7-9-10-8(13)14-7/h6,12H,3-5H2,1-2H3,(H,10,13). The van der Waals surface area contributed by atoms with Gasteiger partial charge in [-0.15, -0.1) is 5.10 Å². The van der Waals surface area contributed by atoms with Gasteiger partial charge in [-0.05, 0) is 13.1 Å². The lowest BCUT2D eigenvalue weighted by atomic mass is 10.3. The van der Waals surface area contributed by atoms with Gasteiger partial charge in [0.25, 0.3) is 0 Å². The quantitative estimate of drug-likeness (QED) is 0.685. The first-order chi connectivity index (χ1) is 6.67. The lowest BCUT2D eigenvalue weighted by Crippen LogP contribution is -2.28. The summed E-state index contributed by atoms with van der Waals surface area (Å²) in [5.74, 6) is -0.597. The van der Waals surface area contributed by atoms with Crippen LogP contribution in [0.25, 0.3) is 0 Å². The van der Waals surface area contributed by atoms with E-state index in [1.165, 1.54) is 0 Å². The van der Waals surface area contributed by atoms with Gasteiger partial charge in [0.1, 0.15) is 6.10 Å². The molecule has 1 aromatic rings. The molecule has 0 saturated carbocycles. The average Bonchev–Trinajstić information content (AvgIpc) is 2.61. The molecule has 0 radical (unpaired) electrons. The minimum atomic E-state index is -0.853. The van der Waals surface area contributed by atoms with E-state index in [4.69, 9.17) is 0 Å². The van der Waals surface area contributed by atoms with Gasteiger partial charge in [-0.25, -0.2) is 9.89 Å². The highest BCUT2D eigenvalue weighted by Gasteiger charge is 2.16. The molecule has 6 heteroatoms. The van der Waals surface area contributed by atoms with Crippen LogP contribution in [0.3, 0.4) is 0 Å². The van der Waals surface area contributed by atoms with Gasteiger partial charge >= 0.3 is 5.76 Å². The summed E-state index contributed by atoms with van der Waals surface area (Å²) < 4.78 is 4.64. The summed E-state index contributed by atoms with van der Waals surface area (Å²) in [6.45, 7) is 6.08. The number of hydrogen-bond acceptors (Lipinski definition) is 5. The largest absolute Gasteiger partial charge is 0.434 e. The molecule has 0 aliphatic rings. The molecule has 0 amide bonds.